The maximum Gasteiger partial charge on any atom is 0.418 e. The number of carbonyl (C=O) groups is 1. The van der Waals surface area contributed by atoms with Gasteiger partial charge >= 0.3 is 6.18 Å². The van der Waals surface area contributed by atoms with Gasteiger partial charge in [0, 0.05) is 25.5 Å². The van der Waals surface area contributed by atoms with Crippen molar-refractivity contribution in [1.82, 2.24) is 9.97 Å². The number of anilines is 1. The topological polar surface area (TPSA) is 73.3 Å². The van der Waals surface area contributed by atoms with E-state index in [0.29, 0.717) is 31.6 Å². The number of carbonyl (C=O) groups excluding carboxylic acids is 1. The van der Waals surface area contributed by atoms with E-state index in [0.717, 1.165) is 37.1 Å². The van der Waals surface area contributed by atoms with E-state index >= 15 is 0 Å². The van der Waals surface area contributed by atoms with Crippen molar-refractivity contribution in [3.05, 3.63) is 71.7 Å². The van der Waals surface area contributed by atoms with Gasteiger partial charge in [-0.3, -0.25) is 9.78 Å². The predicted molar refractivity (Wildman–Crippen MR) is 116 cm³/mol. The molecule has 0 atom stereocenters. The first-order chi connectivity index (χ1) is 16.7. The van der Waals surface area contributed by atoms with Crippen molar-refractivity contribution in [2.45, 2.75) is 19.0 Å². The minimum absolute atomic E-state index is 0.171. The second-order valence-electron chi connectivity index (χ2n) is 7.88. The Hall–Kier alpha value is -3.60. The molecule has 1 fully saturated rings. The van der Waals surface area contributed by atoms with E-state index in [9.17, 15) is 26.7 Å². The van der Waals surface area contributed by atoms with Crippen LogP contribution in [0.5, 0.6) is 5.75 Å². The highest BCUT2D eigenvalue weighted by Crippen LogP contribution is 2.38. The number of hydrogen-bond acceptors (Lipinski definition) is 5. The van der Waals surface area contributed by atoms with Gasteiger partial charge in [0.2, 0.25) is 0 Å². The molecule has 2 aromatic heterocycles. The van der Waals surface area contributed by atoms with Crippen molar-refractivity contribution in [3.63, 3.8) is 0 Å². The number of halogens is 5. The molecule has 1 N–H and O–H groups in total. The molecule has 0 radical (unpaired) electrons. The van der Waals surface area contributed by atoms with Gasteiger partial charge < -0.3 is 14.8 Å². The number of hydrogen-bond donors (Lipinski definition) is 1. The molecular formula is C24H20F5N3O3. The van der Waals surface area contributed by atoms with E-state index in [-0.39, 0.29) is 11.6 Å². The van der Waals surface area contributed by atoms with Crippen molar-refractivity contribution in [2.24, 2.45) is 5.92 Å². The number of benzene rings is 1. The standard InChI is InChI=1S/C24H20F5N3O3/c25-16-2-1-3-17(26)21(16)22-15(24(27,28)29)4-5-18(31-22)23(33)32-19-12-30-9-6-20(19)35-13-14-7-10-34-11-8-14/h1-6,9,12,14H,7-8,10-11,13H2,(H,32,33). The maximum atomic E-state index is 14.3. The van der Waals surface area contributed by atoms with E-state index in [2.05, 4.69) is 15.3 Å². The smallest absolute Gasteiger partial charge is 0.418 e. The Morgan fingerprint density at radius 1 is 1.09 bits per heavy atom. The highest BCUT2D eigenvalue weighted by molar-refractivity contribution is 6.04. The van der Waals surface area contributed by atoms with Crippen LogP contribution in [0.4, 0.5) is 27.6 Å². The van der Waals surface area contributed by atoms with E-state index in [4.69, 9.17) is 9.47 Å². The normalized spacial score (nSPS) is 14.5. The third-order valence-corrected chi connectivity index (χ3v) is 5.48. The number of pyridine rings is 2. The fourth-order valence-corrected chi connectivity index (χ4v) is 3.64. The van der Waals surface area contributed by atoms with Gasteiger partial charge in [0.15, 0.2) is 0 Å². The van der Waals surface area contributed by atoms with E-state index in [1.165, 1.54) is 18.5 Å². The Kier molecular flexibility index (Phi) is 7.25. The zero-order chi connectivity index (χ0) is 25.0. The fraction of sp³-hybridized carbons (Fsp3) is 0.292. The summed E-state index contributed by atoms with van der Waals surface area (Å²) in [6.45, 7) is 1.66. The predicted octanol–water partition coefficient (Wildman–Crippen LogP) is 5.50. The Bertz CT molecular complexity index is 1190. The SMILES string of the molecule is O=C(Nc1cnccc1OCC1CCOCC1)c1ccc(C(F)(F)F)c(-c2c(F)cccc2F)n1. The molecule has 0 spiro atoms. The lowest BCUT2D eigenvalue weighted by atomic mass is 10.0. The van der Waals surface area contributed by atoms with Gasteiger partial charge in [-0.15, -0.1) is 0 Å². The quantitative estimate of drug-likeness (QED) is 0.460. The Morgan fingerprint density at radius 2 is 1.80 bits per heavy atom. The molecule has 1 aliphatic rings. The average molecular weight is 493 g/mol. The summed E-state index contributed by atoms with van der Waals surface area (Å²) in [5, 5.41) is 2.50. The first-order valence-electron chi connectivity index (χ1n) is 10.7. The lowest BCUT2D eigenvalue weighted by Gasteiger charge is -2.22. The van der Waals surface area contributed by atoms with E-state index in [1.54, 1.807) is 0 Å². The molecule has 6 nitrogen and oxygen atoms in total. The van der Waals surface area contributed by atoms with Crippen molar-refractivity contribution < 1.29 is 36.2 Å². The number of rotatable bonds is 6. The molecule has 3 aromatic rings. The molecule has 0 unspecified atom stereocenters. The highest BCUT2D eigenvalue weighted by Gasteiger charge is 2.36. The number of aromatic nitrogens is 2. The number of nitrogens with zero attached hydrogens (tertiary/aromatic N) is 2. The Labute approximate surface area is 197 Å². The Balaban J connectivity index is 1.61. The summed E-state index contributed by atoms with van der Waals surface area (Å²) in [6.07, 6.45) is -0.515. The van der Waals surface area contributed by atoms with Gasteiger partial charge in [-0.1, -0.05) is 6.07 Å². The van der Waals surface area contributed by atoms with Crippen LogP contribution < -0.4 is 10.1 Å². The molecule has 11 heteroatoms. The molecule has 1 aromatic carbocycles. The number of alkyl halides is 3. The van der Waals surface area contributed by atoms with Gasteiger partial charge in [0.25, 0.3) is 5.91 Å². The van der Waals surface area contributed by atoms with Crippen LogP contribution in [0.1, 0.15) is 28.9 Å². The van der Waals surface area contributed by atoms with Crippen LogP contribution in [-0.2, 0) is 10.9 Å². The third kappa shape index (κ3) is 5.73. The lowest BCUT2D eigenvalue weighted by Crippen LogP contribution is -2.22. The molecule has 1 aliphatic heterocycles. The average Bonchev–Trinajstić information content (AvgIpc) is 2.83. The molecule has 184 valence electrons. The van der Waals surface area contributed by atoms with Crippen molar-refractivity contribution in [3.8, 4) is 17.0 Å². The molecular weight excluding hydrogens is 473 g/mol. The van der Waals surface area contributed by atoms with E-state index < -0.39 is 46.2 Å². The molecule has 4 rings (SSSR count). The Morgan fingerprint density at radius 3 is 2.49 bits per heavy atom. The summed E-state index contributed by atoms with van der Waals surface area (Å²) in [5.41, 5.74) is -3.68. The molecule has 35 heavy (non-hydrogen) atoms. The van der Waals surface area contributed by atoms with Gasteiger partial charge in [-0.25, -0.2) is 13.8 Å². The lowest BCUT2D eigenvalue weighted by molar-refractivity contribution is -0.137. The summed E-state index contributed by atoms with van der Waals surface area (Å²) in [4.78, 5) is 20.5. The minimum Gasteiger partial charge on any atom is -0.491 e. The van der Waals surface area contributed by atoms with Crippen LogP contribution in [0.2, 0.25) is 0 Å². The zero-order valence-corrected chi connectivity index (χ0v) is 18.2. The summed E-state index contributed by atoms with van der Waals surface area (Å²) < 4.78 is 80.4. The monoisotopic (exact) mass is 493 g/mol. The summed E-state index contributed by atoms with van der Waals surface area (Å²) in [5.74, 6) is -2.80. The molecule has 3 heterocycles. The molecule has 1 saturated heterocycles. The van der Waals surface area contributed by atoms with Crippen LogP contribution in [0.15, 0.2) is 48.8 Å². The van der Waals surface area contributed by atoms with Gasteiger partial charge in [0.1, 0.15) is 28.8 Å². The second-order valence-corrected chi connectivity index (χ2v) is 7.88. The van der Waals surface area contributed by atoms with Crippen LogP contribution in [0.25, 0.3) is 11.3 Å². The van der Waals surface area contributed by atoms with Crippen molar-refractivity contribution in [2.75, 3.05) is 25.1 Å². The molecule has 0 aliphatic carbocycles. The zero-order valence-electron chi connectivity index (χ0n) is 18.2. The van der Waals surface area contributed by atoms with Gasteiger partial charge in [-0.2, -0.15) is 13.2 Å². The summed E-state index contributed by atoms with van der Waals surface area (Å²) in [6, 6.07) is 5.57. The van der Waals surface area contributed by atoms with Crippen LogP contribution >= 0.6 is 0 Å². The van der Waals surface area contributed by atoms with E-state index in [1.807, 2.05) is 0 Å². The van der Waals surface area contributed by atoms with Gasteiger partial charge in [-0.05, 0) is 43.0 Å². The van der Waals surface area contributed by atoms with Crippen molar-refractivity contribution >= 4 is 11.6 Å². The fourth-order valence-electron chi connectivity index (χ4n) is 3.64. The number of nitrogens with one attached hydrogen (secondary N) is 1. The van der Waals surface area contributed by atoms with Gasteiger partial charge in [0.05, 0.1) is 29.6 Å². The summed E-state index contributed by atoms with van der Waals surface area (Å²) in [7, 11) is 0. The highest BCUT2D eigenvalue weighted by atomic mass is 19.4. The van der Waals surface area contributed by atoms with Crippen molar-refractivity contribution in [1.29, 1.82) is 0 Å². The molecule has 0 bridgehead atoms. The molecule has 1 amide bonds. The molecule has 0 saturated carbocycles. The number of ether oxygens (including phenoxy) is 2. The first kappa shape index (κ1) is 24.5. The maximum absolute atomic E-state index is 14.3. The first-order valence-corrected chi connectivity index (χ1v) is 10.7. The van der Waals surface area contributed by atoms with Crippen LogP contribution in [-0.4, -0.2) is 35.7 Å². The number of amides is 1. The minimum atomic E-state index is -4.96. The second kappa shape index (κ2) is 10.3. The summed E-state index contributed by atoms with van der Waals surface area (Å²) >= 11 is 0. The van der Waals surface area contributed by atoms with Crippen LogP contribution in [0, 0.1) is 17.6 Å². The largest absolute Gasteiger partial charge is 0.491 e. The third-order valence-electron chi connectivity index (χ3n) is 5.48. The van der Waals surface area contributed by atoms with Crippen LogP contribution in [0.3, 0.4) is 0 Å².